The van der Waals surface area contributed by atoms with Gasteiger partial charge in [0.2, 0.25) is 15.9 Å². The molecular weight excluding hydrogens is 432 g/mol. The summed E-state index contributed by atoms with van der Waals surface area (Å²) in [6.45, 7) is 8.32. The number of carbonyl (C=O) groups is 1. The zero-order valence-electron chi connectivity index (χ0n) is 20.3. The van der Waals surface area contributed by atoms with Crippen LogP contribution >= 0.6 is 0 Å². The van der Waals surface area contributed by atoms with E-state index in [4.69, 9.17) is 0 Å². The van der Waals surface area contributed by atoms with E-state index in [1.165, 1.54) is 9.87 Å². The van der Waals surface area contributed by atoms with E-state index in [-0.39, 0.29) is 40.5 Å². The molecule has 33 heavy (non-hydrogen) atoms. The van der Waals surface area contributed by atoms with Gasteiger partial charge in [-0.2, -0.15) is 0 Å². The van der Waals surface area contributed by atoms with Crippen LogP contribution in [0.25, 0.3) is 0 Å². The third-order valence-corrected chi connectivity index (χ3v) is 12.9. The lowest BCUT2D eigenvalue weighted by molar-refractivity contribution is -0.143. The van der Waals surface area contributed by atoms with E-state index in [2.05, 4.69) is 49.9 Å². The molecule has 5 fully saturated rings. The highest BCUT2D eigenvalue weighted by atomic mass is 32.2. The molecule has 6 rings (SSSR count). The molecule has 5 aliphatic rings. The standard InChI is InChI=1S/C27H38N2O3S/c1-19(20-9-5-4-6-10-20)28-16-22-11-7-8-13-26(22,17-28)24(30)29-23-15-21-12-14-27(23,25(21,2)3)18-33(29,31)32/h4-6,9-10,19,21-23H,7-8,11-18H2,1-3H3/t19-,21-,22?,23-,26?,27-/m1/s1. The largest absolute Gasteiger partial charge is 0.295 e. The molecular formula is C27H38N2O3S. The van der Waals surface area contributed by atoms with E-state index >= 15 is 0 Å². The van der Waals surface area contributed by atoms with Crippen molar-refractivity contribution in [3.8, 4) is 0 Å². The maximum absolute atomic E-state index is 14.5. The zero-order valence-corrected chi connectivity index (χ0v) is 21.1. The maximum atomic E-state index is 14.5. The molecule has 2 bridgehead atoms. The van der Waals surface area contributed by atoms with Gasteiger partial charge in [0, 0.05) is 24.5 Å². The highest BCUT2D eigenvalue weighted by Gasteiger charge is 2.73. The Morgan fingerprint density at radius 2 is 1.82 bits per heavy atom. The van der Waals surface area contributed by atoms with Crippen molar-refractivity contribution in [1.82, 2.24) is 9.21 Å². The van der Waals surface area contributed by atoms with Crippen LogP contribution in [0.4, 0.5) is 0 Å². The summed E-state index contributed by atoms with van der Waals surface area (Å²) in [6, 6.07) is 10.6. The molecule has 5 nitrogen and oxygen atoms in total. The molecule has 2 heterocycles. The van der Waals surface area contributed by atoms with E-state index in [1.54, 1.807) is 0 Å². The minimum absolute atomic E-state index is 0.00701. The van der Waals surface area contributed by atoms with Gasteiger partial charge in [-0.3, -0.25) is 9.69 Å². The van der Waals surface area contributed by atoms with Crippen molar-refractivity contribution in [2.75, 3.05) is 18.8 Å². The first-order valence-corrected chi connectivity index (χ1v) is 14.6. The van der Waals surface area contributed by atoms with Gasteiger partial charge < -0.3 is 0 Å². The summed E-state index contributed by atoms with van der Waals surface area (Å²) in [7, 11) is -3.58. The molecule has 2 unspecified atom stereocenters. The number of amides is 1. The van der Waals surface area contributed by atoms with Crippen LogP contribution in [-0.4, -0.2) is 48.4 Å². The molecule has 0 N–H and O–H groups in total. The van der Waals surface area contributed by atoms with Gasteiger partial charge in [0.15, 0.2) is 0 Å². The lowest BCUT2D eigenvalue weighted by atomic mass is 9.66. The second kappa shape index (κ2) is 7.07. The van der Waals surface area contributed by atoms with Crippen LogP contribution in [0.1, 0.15) is 77.3 Å². The second-order valence-electron chi connectivity index (χ2n) is 12.3. The van der Waals surface area contributed by atoms with Crippen molar-refractivity contribution in [3.05, 3.63) is 35.9 Å². The Morgan fingerprint density at radius 1 is 1.06 bits per heavy atom. The fraction of sp³-hybridized carbons (Fsp3) is 0.741. The summed E-state index contributed by atoms with van der Waals surface area (Å²) in [6.07, 6.45) is 6.94. The third kappa shape index (κ3) is 2.80. The molecule has 2 aliphatic heterocycles. The Morgan fingerprint density at radius 3 is 2.55 bits per heavy atom. The number of hydrogen-bond donors (Lipinski definition) is 0. The number of carbonyl (C=O) groups excluding carboxylic acids is 1. The van der Waals surface area contributed by atoms with Gasteiger partial charge in [-0.15, -0.1) is 0 Å². The van der Waals surface area contributed by atoms with Crippen LogP contribution < -0.4 is 0 Å². The normalized spacial score (nSPS) is 41.7. The number of fused-ring (bicyclic) bond motifs is 2. The minimum atomic E-state index is -3.58. The Bertz CT molecular complexity index is 1070. The first kappa shape index (κ1) is 22.1. The highest BCUT2D eigenvalue weighted by Crippen LogP contribution is 2.70. The van der Waals surface area contributed by atoms with Crippen LogP contribution in [0.5, 0.6) is 0 Å². The average molecular weight is 471 g/mol. The molecule has 3 saturated carbocycles. The maximum Gasteiger partial charge on any atom is 0.244 e. The van der Waals surface area contributed by atoms with Gasteiger partial charge >= 0.3 is 0 Å². The summed E-state index contributed by atoms with van der Waals surface area (Å²) in [5.41, 5.74) is 0.461. The van der Waals surface area contributed by atoms with Gasteiger partial charge in [-0.25, -0.2) is 12.7 Å². The Hall–Kier alpha value is -1.40. The number of likely N-dealkylation sites (tertiary alicyclic amines) is 1. The molecule has 6 heteroatoms. The SMILES string of the molecule is C[C@H](c1ccccc1)N1CC2CCCCC2(C(=O)N2[C@@H]3C[C@H]4CC[C@]3(CS2(=O)=O)C4(C)C)C1. The molecule has 6 atom stereocenters. The van der Waals surface area contributed by atoms with Crippen LogP contribution in [0.3, 0.4) is 0 Å². The van der Waals surface area contributed by atoms with E-state index in [0.717, 1.165) is 51.5 Å². The van der Waals surface area contributed by atoms with Crippen LogP contribution in [0.15, 0.2) is 30.3 Å². The Labute approximate surface area is 199 Å². The van der Waals surface area contributed by atoms with Crippen molar-refractivity contribution >= 4 is 15.9 Å². The Kier molecular flexibility index (Phi) is 4.73. The molecule has 180 valence electrons. The van der Waals surface area contributed by atoms with Crippen molar-refractivity contribution < 1.29 is 13.2 Å². The quantitative estimate of drug-likeness (QED) is 0.648. The lowest BCUT2D eigenvalue weighted by Crippen LogP contribution is -2.54. The molecule has 1 spiro atoms. The van der Waals surface area contributed by atoms with Crippen molar-refractivity contribution in [1.29, 1.82) is 0 Å². The van der Waals surface area contributed by atoms with Crippen molar-refractivity contribution in [2.24, 2.45) is 28.1 Å². The fourth-order valence-electron chi connectivity index (χ4n) is 8.86. The topological polar surface area (TPSA) is 57.7 Å². The smallest absolute Gasteiger partial charge is 0.244 e. The summed E-state index contributed by atoms with van der Waals surface area (Å²) in [4.78, 5) is 16.9. The molecule has 1 aromatic rings. The van der Waals surface area contributed by atoms with Crippen LogP contribution in [-0.2, 0) is 14.8 Å². The molecule has 3 aliphatic carbocycles. The first-order chi connectivity index (χ1) is 15.6. The number of sulfonamides is 1. The third-order valence-electron chi connectivity index (χ3n) is 11.0. The number of rotatable bonds is 3. The number of nitrogens with zero attached hydrogens (tertiary/aromatic N) is 2. The minimum Gasteiger partial charge on any atom is -0.295 e. The Balaban J connectivity index is 1.35. The zero-order chi connectivity index (χ0) is 23.2. The van der Waals surface area contributed by atoms with Gasteiger partial charge in [-0.05, 0) is 61.8 Å². The van der Waals surface area contributed by atoms with Gasteiger partial charge in [-0.1, -0.05) is 57.0 Å². The summed E-state index contributed by atoms with van der Waals surface area (Å²) in [5, 5.41) is 0. The van der Waals surface area contributed by atoms with Crippen LogP contribution in [0.2, 0.25) is 0 Å². The summed E-state index contributed by atoms with van der Waals surface area (Å²) < 4.78 is 28.8. The van der Waals surface area contributed by atoms with Gasteiger partial charge in [0.1, 0.15) is 0 Å². The fourth-order valence-corrected chi connectivity index (χ4v) is 11.5. The average Bonchev–Trinajstić information content (AvgIpc) is 3.44. The molecule has 2 saturated heterocycles. The van der Waals surface area contributed by atoms with E-state index in [1.807, 2.05) is 6.07 Å². The van der Waals surface area contributed by atoms with E-state index in [0.29, 0.717) is 12.5 Å². The van der Waals surface area contributed by atoms with E-state index < -0.39 is 15.4 Å². The van der Waals surface area contributed by atoms with Crippen molar-refractivity contribution in [2.45, 2.75) is 77.8 Å². The van der Waals surface area contributed by atoms with Crippen molar-refractivity contribution in [3.63, 3.8) is 0 Å². The summed E-state index contributed by atoms with van der Waals surface area (Å²) >= 11 is 0. The molecule has 0 aromatic heterocycles. The molecule has 0 radical (unpaired) electrons. The highest BCUT2D eigenvalue weighted by molar-refractivity contribution is 7.90. The predicted molar refractivity (Wildman–Crippen MR) is 129 cm³/mol. The summed E-state index contributed by atoms with van der Waals surface area (Å²) in [5.74, 6) is 0.903. The second-order valence-corrected chi connectivity index (χ2v) is 14.2. The van der Waals surface area contributed by atoms with Crippen LogP contribution in [0, 0.1) is 28.1 Å². The molecule has 1 amide bonds. The van der Waals surface area contributed by atoms with Gasteiger partial charge in [0.25, 0.3) is 0 Å². The lowest BCUT2D eigenvalue weighted by Gasteiger charge is -2.42. The number of hydrogen-bond acceptors (Lipinski definition) is 4. The monoisotopic (exact) mass is 470 g/mol. The molecule has 1 aromatic carbocycles. The predicted octanol–water partition coefficient (Wildman–Crippen LogP) is 4.61. The van der Waals surface area contributed by atoms with E-state index in [9.17, 15) is 13.2 Å². The number of benzene rings is 1. The first-order valence-electron chi connectivity index (χ1n) is 13.0. The van der Waals surface area contributed by atoms with Gasteiger partial charge in [0.05, 0.1) is 17.2 Å².